The van der Waals surface area contributed by atoms with E-state index in [1.807, 2.05) is 30.3 Å². The minimum atomic E-state index is -1.19. The monoisotopic (exact) mass is 591 g/mol. The first-order chi connectivity index (χ1) is 20.9. The Balaban J connectivity index is 1.39. The van der Waals surface area contributed by atoms with E-state index >= 15 is 0 Å². The highest BCUT2D eigenvalue weighted by molar-refractivity contribution is 5.96. The van der Waals surface area contributed by atoms with E-state index in [0.717, 1.165) is 23.0 Å². The molecule has 0 bridgehead atoms. The van der Waals surface area contributed by atoms with Crippen molar-refractivity contribution in [2.45, 2.75) is 56.1 Å². The number of H-pyrrole nitrogens is 1. The molecule has 2 aromatic carbocycles. The summed E-state index contributed by atoms with van der Waals surface area (Å²) < 4.78 is 17.6. The van der Waals surface area contributed by atoms with Crippen LogP contribution in [0.4, 0.5) is 0 Å². The van der Waals surface area contributed by atoms with Crippen LogP contribution in [0.1, 0.15) is 35.6 Å². The fourth-order valence-electron chi connectivity index (χ4n) is 6.49. The van der Waals surface area contributed by atoms with Crippen molar-refractivity contribution in [1.82, 2.24) is 15.2 Å². The lowest BCUT2D eigenvalue weighted by Crippen LogP contribution is -2.57. The SMILES string of the molecule is COc1cc(CO)cc2c1O[C@@H]1[C@@H](O)[C@H](N(CCc3cc4ccccc4[nH]3)C(=O)C3CCCO3)C=C(C(=O)NCCO)[C@H]21. The number of benzene rings is 2. The minimum absolute atomic E-state index is 0.0352. The lowest BCUT2D eigenvalue weighted by molar-refractivity contribution is -0.146. The van der Waals surface area contributed by atoms with Crippen molar-refractivity contribution in [3.8, 4) is 11.5 Å². The molecular formula is C32H37N3O8. The molecule has 1 aliphatic carbocycles. The normalized spacial score (nSPS) is 24.2. The molecule has 1 unspecified atom stereocenters. The Morgan fingerprint density at radius 2 is 2.02 bits per heavy atom. The van der Waals surface area contributed by atoms with Crippen LogP contribution in [0.3, 0.4) is 0 Å². The van der Waals surface area contributed by atoms with E-state index in [2.05, 4.69) is 10.3 Å². The second-order valence-corrected chi connectivity index (χ2v) is 11.2. The number of ether oxygens (including phenoxy) is 3. The minimum Gasteiger partial charge on any atom is -0.493 e. The summed E-state index contributed by atoms with van der Waals surface area (Å²) in [5.74, 6) is -0.621. The van der Waals surface area contributed by atoms with Crippen molar-refractivity contribution in [1.29, 1.82) is 0 Å². The van der Waals surface area contributed by atoms with Crippen LogP contribution in [0.15, 0.2) is 54.1 Å². The molecule has 1 fully saturated rings. The number of aliphatic hydroxyl groups excluding tert-OH is 3. The molecule has 2 aliphatic heterocycles. The summed E-state index contributed by atoms with van der Waals surface area (Å²) in [6, 6.07) is 12.5. The first kappa shape index (κ1) is 29.2. The first-order valence-corrected chi connectivity index (χ1v) is 14.7. The number of aromatic amines is 1. The molecule has 5 atom stereocenters. The van der Waals surface area contributed by atoms with Crippen LogP contribution >= 0.6 is 0 Å². The Morgan fingerprint density at radius 1 is 1.19 bits per heavy atom. The Morgan fingerprint density at radius 3 is 2.74 bits per heavy atom. The smallest absolute Gasteiger partial charge is 0.252 e. The molecule has 43 heavy (non-hydrogen) atoms. The molecule has 1 saturated heterocycles. The van der Waals surface area contributed by atoms with Gasteiger partial charge in [-0.05, 0) is 54.1 Å². The number of hydrogen-bond acceptors (Lipinski definition) is 8. The third-order valence-electron chi connectivity index (χ3n) is 8.55. The van der Waals surface area contributed by atoms with E-state index in [1.165, 1.54) is 7.11 Å². The predicted molar refractivity (Wildman–Crippen MR) is 157 cm³/mol. The molecule has 3 aliphatic rings. The zero-order valence-electron chi connectivity index (χ0n) is 24.0. The van der Waals surface area contributed by atoms with Crippen molar-refractivity contribution in [2.24, 2.45) is 0 Å². The zero-order valence-corrected chi connectivity index (χ0v) is 24.0. The zero-order chi connectivity index (χ0) is 30.1. The van der Waals surface area contributed by atoms with Crippen LogP contribution in [0.5, 0.6) is 11.5 Å². The highest BCUT2D eigenvalue weighted by atomic mass is 16.5. The second-order valence-electron chi connectivity index (χ2n) is 11.2. The number of methoxy groups -OCH3 is 1. The number of fused-ring (bicyclic) bond motifs is 4. The summed E-state index contributed by atoms with van der Waals surface area (Å²) in [5, 5.41) is 34.9. The van der Waals surface area contributed by atoms with Crippen molar-refractivity contribution in [3.05, 3.63) is 70.9 Å². The van der Waals surface area contributed by atoms with Crippen LogP contribution < -0.4 is 14.8 Å². The largest absolute Gasteiger partial charge is 0.493 e. The number of hydrogen-bond donors (Lipinski definition) is 5. The van der Waals surface area contributed by atoms with Gasteiger partial charge in [0.25, 0.3) is 5.91 Å². The number of aromatic nitrogens is 1. The van der Waals surface area contributed by atoms with Gasteiger partial charge < -0.3 is 44.7 Å². The molecule has 1 aromatic heterocycles. The molecular weight excluding hydrogens is 554 g/mol. The van der Waals surface area contributed by atoms with Gasteiger partial charge in [0.05, 0.1) is 32.3 Å². The summed E-state index contributed by atoms with van der Waals surface area (Å²) in [5.41, 5.74) is 3.41. The number of amides is 2. The van der Waals surface area contributed by atoms with Gasteiger partial charge in [-0.2, -0.15) is 0 Å². The van der Waals surface area contributed by atoms with Gasteiger partial charge in [0, 0.05) is 48.5 Å². The molecule has 3 aromatic rings. The van der Waals surface area contributed by atoms with E-state index in [9.17, 15) is 24.9 Å². The number of nitrogens with zero attached hydrogens (tertiary/aromatic N) is 1. The second kappa shape index (κ2) is 12.4. The predicted octanol–water partition coefficient (Wildman–Crippen LogP) is 1.54. The number of para-hydroxylation sites is 1. The maximum Gasteiger partial charge on any atom is 0.252 e. The van der Waals surface area contributed by atoms with Gasteiger partial charge in [0.1, 0.15) is 18.3 Å². The van der Waals surface area contributed by atoms with Crippen molar-refractivity contribution in [2.75, 3.05) is 33.4 Å². The van der Waals surface area contributed by atoms with Gasteiger partial charge in [0.2, 0.25) is 5.91 Å². The summed E-state index contributed by atoms with van der Waals surface area (Å²) in [4.78, 5) is 32.5. The summed E-state index contributed by atoms with van der Waals surface area (Å²) in [6.07, 6.45) is 0.735. The van der Waals surface area contributed by atoms with Gasteiger partial charge in [-0.1, -0.05) is 18.2 Å². The number of carbonyl (C=O) groups excluding carboxylic acids is 2. The molecule has 11 nitrogen and oxygen atoms in total. The van der Waals surface area contributed by atoms with E-state index in [1.54, 1.807) is 23.1 Å². The quantitative estimate of drug-likeness (QED) is 0.238. The molecule has 0 spiro atoms. The van der Waals surface area contributed by atoms with Gasteiger partial charge in [0.15, 0.2) is 11.5 Å². The Kier molecular flexibility index (Phi) is 8.40. The van der Waals surface area contributed by atoms with E-state index < -0.39 is 36.2 Å². The lowest BCUT2D eigenvalue weighted by atomic mass is 9.77. The number of rotatable bonds is 10. The Hall–Kier alpha value is -3.90. The van der Waals surface area contributed by atoms with Crippen molar-refractivity contribution < 1.29 is 39.1 Å². The van der Waals surface area contributed by atoms with Crippen LogP contribution in [0, 0.1) is 0 Å². The van der Waals surface area contributed by atoms with Crippen LogP contribution in [0.25, 0.3) is 10.9 Å². The average molecular weight is 592 g/mol. The molecule has 11 heteroatoms. The summed E-state index contributed by atoms with van der Waals surface area (Å²) in [6.45, 7) is 0.285. The van der Waals surface area contributed by atoms with E-state index in [-0.39, 0.29) is 32.2 Å². The third kappa shape index (κ3) is 5.49. The standard InChI is InChI=1S/C32H37N3O8/c1-41-26-14-18(17-37)13-21-27-22(31(39)33-9-11-36)16-24(28(38)30(27)43-29(21)26)35(32(40)25-7-4-12-42-25)10-8-20-15-19-5-2-3-6-23(19)34-20/h2-3,5-6,13-16,24-25,27-28,30,34,36-38H,4,7-12,17H2,1H3,(H,33,39)/t24-,25?,27+,28+,30+/m1/s1. The molecule has 5 N–H and O–H groups in total. The molecule has 228 valence electrons. The van der Waals surface area contributed by atoms with Gasteiger partial charge in [-0.15, -0.1) is 0 Å². The fraction of sp³-hybridized carbons (Fsp3) is 0.438. The van der Waals surface area contributed by atoms with E-state index in [4.69, 9.17) is 14.2 Å². The molecule has 3 heterocycles. The van der Waals surface area contributed by atoms with Crippen LogP contribution in [-0.4, -0.2) is 94.8 Å². The molecule has 6 rings (SSSR count). The maximum absolute atomic E-state index is 14.0. The van der Waals surface area contributed by atoms with Crippen LogP contribution in [-0.2, 0) is 27.4 Å². The summed E-state index contributed by atoms with van der Waals surface area (Å²) >= 11 is 0. The molecule has 0 radical (unpaired) electrons. The highest BCUT2D eigenvalue weighted by Crippen LogP contribution is 2.51. The van der Waals surface area contributed by atoms with Crippen molar-refractivity contribution >= 4 is 22.7 Å². The average Bonchev–Trinajstić information content (AvgIpc) is 3.79. The van der Waals surface area contributed by atoms with E-state index in [0.29, 0.717) is 47.6 Å². The third-order valence-corrected chi connectivity index (χ3v) is 8.55. The van der Waals surface area contributed by atoms with Gasteiger partial charge in [-0.3, -0.25) is 9.59 Å². The lowest BCUT2D eigenvalue weighted by Gasteiger charge is -2.41. The molecule has 0 saturated carbocycles. The fourth-order valence-corrected chi connectivity index (χ4v) is 6.49. The first-order valence-electron chi connectivity index (χ1n) is 14.7. The van der Waals surface area contributed by atoms with Gasteiger partial charge >= 0.3 is 0 Å². The van der Waals surface area contributed by atoms with Crippen LogP contribution in [0.2, 0.25) is 0 Å². The summed E-state index contributed by atoms with van der Waals surface area (Å²) in [7, 11) is 1.48. The number of nitrogens with one attached hydrogen (secondary N) is 2. The number of carbonyl (C=O) groups is 2. The topological polar surface area (TPSA) is 154 Å². The Bertz CT molecular complexity index is 1500. The van der Waals surface area contributed by atoms with Gasteiger partial charge in [-0.25, -0.2) is 0 Å². The van der Waals surface area contributed by atoms with Crippen molar-refractivity contribution in [3.63, 3.8) is 0 Å². The number of aliphatic hydroxyl groups is 3. The maximum atomic E-state index is 14.0. The highest BCUT2D eigenvalue weighted by Gasteiger charge is 2.52. The Labute approximate surface area is 249 Å². The molecule has 2 amide bonds.